The average molecular weight is 529 g/mol. The van der Waals surface area contributed by atoms with Crippen molar-refractivity contribution in [1.82, 2.24) is 15.5 Å². The second kappa shape index (κ2) is 14.4. The first-order chi connectivity index (χ1) is 19.1. The zero-order valence-corrected chi connectivity index (χ0v) is 23.0. The third-order valence-electron chi connectivity index (χ3n) is 7.33. The van der Waals surface area contributed by atoms with Gasteiger partial charge in [-0.15, -0.1) is 0 Å². The number of carbonyl (C=O) groups excluding carboxylic acids is 2. The van der Waals surface area contributed by atoms with E-state index in [9.17, 15) is 9.59 Å². The molecule has 1 aliphatic heterocycles. The van der Waals surface area contributed by atoms with E-state index in [2.05, 4.69) is 88.4 Å². The van der Waals surface area contributed by atoms with Gasteiger partial charge in [-0.2, -0.15) is 0 Å². The molecular weight excluding hydrogens is 488 g/mol. The van der Waals surface area contributed by atoms with Crippen molar-refractivity contribution >= 4 is 17.6 Å². The molecule has 1 fully saturated rings. The fraction of sp³-hybridized carbons (Fsp3) is 0.375. The van der Waals surface area contributed by atoms with Crippen LogP contribution in [-0.2, 0) is 0 Å². The second-order valence-electron chi connectivity index (χ2n) is 10.1. The van der Waals surface area contributed by atoms with Gasteiger partial charge in [-0.25, -0.2) is 4.79 Å². The van der Waals surface area contributed by atoms with E-state index in [1.54, 1.807) is 25.3 Å². The molecule has 0 aliphatic carbocycles. The van der Waals surface area contributed by atoms with Crippen molar-refractivity contribution in [2.24, 2.45) is 5.92 Å². The van der Waals surface area contributed by atoms with Crippen LogP contribution in [0.1, 0.15) is 60.1 Å². The molecule has 7 heteroatoms. The monoisotopic (exact) mass is 528 g/mol. The fourth-order valence-corrected chi connectivity index (χ4v) is 5.12. The largest absolute Gasteiger partial charge is 0.497 e. The summed E-state index contributed by atoms with van der Waals surface area (Å²) >= 11 is 0. The van der Waals surface area contributed by atoms with Crippen molar-refractivity contribution in [1.29, 1.82) is 0 Å². The van der Waals surface area contributed by atoms with Gasteiger partial charge in [0.1, 0.15) is 5.75 Å². The lowest BCUT2D eigenvalue weighted by Gasteiger charge is -2.38. The zero-order chi connectivity index (χ0) is 27.5. The predicted molar refractivity (Wildman–Crippen MR) is 156 cm³/mol. The number of piperidine rings is 1. The molecule has 0 spiro atoms. The number of unbranched alkanes of at least 4 members (excludes halogenated alkanes) is 1. The Morgan fingerprint density at radius 2 is 1.56 bits per heavy atom. The zero-order valence-electron chi connectivity index (χ0n) is 23.0. The Morgan fingerprint density at radius 1 is 0.923 bits per heavy atom. The van der Waals surface area contributed by atoms with Crippen molar-refractivity contribution in [3.63, 3.8) is 0 Å². The Morgan fingerprint density at radius 3 is 2.15 bits per heavy atom. The van der Waals surface area contributed by atoms with Crippen molar-refractivity contribution in [2.45, 2.75) is 38.6 Å². The molecule has 1 heterocycles. The first-order valence-electron chi connectivity index (χ1n) is 13.9. The van der Waals surface area contributed by atoms with Crippen LogP contribution in [0.5, 0.6) is 5.75 Å². The highest BCUT2D eigenvalue weighted by Gasteiger charge is 2.27. The number of rotatable bonds is 11. The topological polar surface area (TPSA) is 82.7 Å². The van der Waals surface area contributed by atoms with E-state index in [1.807, 2.05) is 0 Å². The summed E-state index contributed by atoms with van der Waals surface area (Å²) in [6, 6.07) is 26.3. The molecule has 0 radical (unpaired) electrons. The van der Waals surface area contributed by atoms with Crippen LogP contribution < -0.4 is 20.7 Å². The van der Waals surface area contributed by atoms with E-state index >= 15 is 0 Å². The fourth-order valence-electron chi connectivity index (χ4n) is 5.12. The van der Waals surface area contributed by atoms with Crippen LogP contribution in [0.15, 0.2) is 78.9 Å². The van der Waals surface area contributed by atoms with E-state index < -0.39 is 0 Å². The van der Waals surface area contributed by atoms with Crippen LogP contribution in [0.4, 0.5) is 10.5 Å². The summed E-state index contributed by atoms with van der Waals surface area (Å²) in [6.45, 7) is 5.17. The molecule has 0 aromatic heterocycles. The molecule has 0 saturated carbocycles. The van der Waals surface area contributed by atoms with Gasteiger partial charge in [0.25, 0.3) is 5.91 Å². The maximum absolute atomic E-state index is 13.2. The lowest BCUT2D eigenvalue weighted by Crippen LogP contribution is -2.40. The van der Waals surface area contributed by atoms with Gasteiger partial charge in [-0.3, -0.25) is 9.69 Å². The van der Waals surface area contributed by atoms with Gasteiger partial charge in [-0.1, -0.05) is 74.0 Å². The Balaban J connectivity index is 1.36. The molecule has 4 rings (SSSR count). The molecule has 3 amide bonds. The molecule has 39 heavy (non-hydrogen) atoms. The Hall–Kier alpha value is -3.84. The summed E-state index contributed by atoms with van der Waals surface area (Å²) in [4.78, 5) is 28.1. The smallest absolute Gasteiger partial charge is 0.319 e. The van der Waals surface area contributed by atoms with E-state index in [1.165, 1.54) is 11.1 Å². The number of carbonyl (C=O) groups is 2. The Kier molecular flexibility index (Phi) is 10.4. The molecule has 0 unspecified atom stereocenters. The first-order valence-corrected chi connectivity index (χ1v) is 13.9. The number of hydrogen-bond acceptors (Lipinski definition) is 4. The number of amides is 3. The molecule has 3 aromatic carbocycles. The van der Waals surface area contributed by atoms with Gasteiger partial charge in [0.05, 0.1) is 24.4 Å². The molecule has 0 bridgehead atoms. The summed E-state index contributed by atoms with van der Waals surface area (Å²) < 4.78 is 5.33. The highest BCUT2D eigenvalue weighted by molar-refractivity contribution is 6.03. The second-order valence-corrected chi connectivity index (χ2v) is 10.1. The normalized spacial score (nSPS) is 14.1. The summed E-state index contributed by atoms with van der Waals surface area (Å²) in [5, 5.41) is 8.75. The lowest BCUT2D eigenvalue weighted by atomic mass is 9.91. The van der Waals surface area contributed by atoms with E-state index in [0.29, 0.717) is 36.0 Å². The SMILES string of the molecule is CCCCNC(=O)Nc1ccc(OC)cc1C(=O)NCC1CCN(C(c2ccccc2)c2ccccc2)CC1. The highest BCUT2D eigenvalue weighted by Crippen LogP contribution is 2.32. The van der Waals surface area contributed by atoms with Gasteiger partial charge < -0.3 is 20.7 Å². The third-order valence-corrected chi connectivity index (χ3v) is 7.33. The number of hydrogen-bond donors (Lipinski definition) is 3. The molecule has 1 aliphatic rings. The Labute approximate surface area is 231 Å². The number of urea groups is 1. The number of nitrogens with zero attached hydrogens (tertiary/aromatic N) is 1. The minimum atomic E-state index is -0.318. The number of methoxy groups -OCH3 is 1. The highest BCUT2D eigenvalue weighted by atomic mass is 16.5. The van der Waals surface area contributed by atoms with Crippen LogP contribution in [0.25, 0.3) is 0 Å². The van der Waals surface area contributed by atoms with Gasteiger partial charge in [-0.05, 0) is 67.6 Å². The summed E-state index contributed by atoms with van der Waals surface area (Å²) in [5.74, 6) is 0.738. The van der Waals surface area contributed by atoms with E-state index in [4.69, 9.17) is 4.74 Å². The number of anilines is 1. The molecule has 1 saturated heterocycles. The number of benzene rings is 3. The van der Waals surface area contributed by atoms with Gasteiger partial charge in [0, 0.05) is 13.1 Å². The van der Waals surface area contributed by atoms with Crippen molar-refractivity contribution in [3.05, 3.63) is 95.6 Å². The summed E-state index contributed by atoms with van der Waals surface area (Å²) in [7, 11) is 1.56. The van der Waals surface area contributed by atoms with Crippen LogP contribution in [0.3, 0.4) is 0 Å². The van der Waals surface area contributed by atoms with Crippen LogP contribution >= 0.6 is 0 Å². The number of likely N-dealkylation sites (tertiary alicyclic amines) is 1. The Bertz CT molecular complexity index is 1160. The maximum Gasteiger partial charge on any atom is 0.319 e. The van der Waals surface area contributed by atoms with Crippen LogP contribution in [0.2, 0.25) is 0 Å². The quantitative estimate of drug-likeness (QED) is 0.273. The molecule has 0 atom stereocenters. The molecule has 206 valence electrons. The predicted octanol–water partition coefficient (Wildman–Crippen LogP) is 5.85. The standard InChI is InChI=1S/C32H40N4O3/c1-3-4-19-33-32(38)35-29-16-15-27(39-2)22-28(29)31(37)34-23-24-17-20-36(21-18-24)30(25-11-7-5-8-12-25)26-13-9-6-10-14-26/h5-16,22,24,30H,3-4,17-21,23H2,1-2H3,(H,34,37)(H2,33,35,38). The maximum atomic E-state index is 13.2. The van der Waals surface area contributed by atoms with Crippen molar-refractivity contribution in [2.75, 3.05) is 38.6 Å². The first kappa shape index (κ1) is 28.2. The van der Waals surface area contributed by atoms with Crippen molar-refractivity contribution < 1.29 is 14.3 Å². The minimum Gasteiger partial charge on any atom is -0.497 e. The summed E-state index contributed by atoms with van der Waals surface area (Å²) in [5.41, 5.74) is 3.45. The minimum absolute atomic E-state index is 0.216. The lowest BCUT2D eigenvalue weighted by molar-refractivity contribution is 0.0931. The summed E-state index contributed by atoms with van der Waals surface area (Å²) in [6.07, 6.45) is 3.90. The van der Waals surface area contributed by atoms with Crippen LogP contribution in [-0.4, -0.2) is 50.1 Å². The number of ether oxygens (including phenoxy) is 1. The van der Waals surface area contributed by atoms with E-state index in [-0.39, 0.29) is 18.0 Å². The van der Waals surface area contributed by atoms with Crippen LogP contribution in [0, 0.1) is 5.92 Å². The van der Waals surface area contributed by atoms with Crippen molar-refractivity contribution in [3.8, 4) is 5.75 Å². The molecule has 3 aromatic rings. The van der Waals surface area contributed by atoms with Gasteiger partial charge in [0.2, 0.25) is 0 Å². The third kappa shape index (κ3) is 7.83. The molecular formula is C32H40N4O3. The molecule has 3 N–H and O–H groups in total. The number of nitrogens with one attached hydrogen (secondary N) is 3. The van der Waals surface area contributed by atoms with E-state index in [0.717, 1.165) is 38.8 Å². The van der Waals surface area contributed by atoms with Gasteiger partial charge >= 0.3 is 6.03 Å². The average Bonchev–Trinajstić information content (AvgIpc) is 2.98. The van der Waals surface area contributed by atoms with Gasteiger partial charge in [0.15, 0.2) is 0 Å². The molecule has 7 nitrogen and oxygen atoms in total.